The number of hydrogen-bond acceptors (Lipinski definition) is 3. The maximum atomic E-state index is 12.6. The Hall–Kier alpha value is -2.60. The van der Waals surface area contributed by atoms with Gasteiger partial charge < -0.3 is 10.2 Å². The predicted molar refractivity (Wildman–Crippen MR) is 92.2 cm³/mol. The Bertz CT molecular complexity index is 781. The van der Waals surface area contributed by atoms with Crippen molar-refractivity contribution in [2.75, 3.05) is 11.9 Å². The van der Waals surface area contributed by atoms with E-state index in [1.165, 1.54) is 12.1 Å². The van der Waals surface area contributed by atoms with Gasteiger partial charge in [-0.2, -0.15) is 0 Å². The van der Waals surface area contributed by atoms with Crippen LogP contribution in [0.1, 0.15) is 24.4 Å². The third-order valence-electron chi connectivity index (χ3n) is 4.09. The number of nitro benzene ring substituents is 1. The zero-order chi connectivity index (χ0) is 17.1. The Morgan fingerprint density at radius 3 is 2.79 bits per heavy atom. The first-order valence-electron chi connectivity index (χ1n) is 7.63. The van der Waals surface area contributed by atoms with Crippen molar-refractivity contribution in [1.29, 1.82) is 0 Å². The lowest BCUT2D eigenvalue weighted by molar-refractivity contribution is -0.384. The summed E-state index contributed by atoms with van der Waals surface area (Å²) in [6, 6.07) is 13.0. The van der Waals surface area contributed by atoms with E-state index in [9.17, 15) is 14.9 Å². The van der Waals surface area contributed by atoms with Gasteiger partial charge in [0.2, 0.25) is 0 Å². The van der Waals surface area contributed by atoms with Crippen molar-refractivity contribution < 1.29 is 9.72 Å². The maximum Gasteiger partial charge on any atom is 0.322 e. The number of rotatable bonds is 3. The number of non-ortho nitro benzene ring substituents is 1. The summed E-state index contributed by atoms with van der Waals surface area (Å²) in [6.45, 7) is 0.622. The molecule has 0 saturated carbocycles. The number of nitrogens with zero attached hydrogens (tertiary/aromatic N) is 2. The minimum atomic E-state index is -0.488. The molecule has 0 radical (unpaired) electrons. The van der Waals surface area contributed by atoms with Crippen LogP contribution in [0.25, 0.3) is 0 Å². The number of hydrogen-bond donors (Lipinski definition) is 1. The normalized spacial score (nSPS) is 16.9. The number of benzene rings is 2. The van der Waals surface area contributed by atoms with Crippen molar-refractivity contribution in [1.82, 2.24) is 4.90 Å². The standard InChI is InChI=1S/C17H16ClN3O3/c18-15-8-2-1-7-14(15)16-9-4-10-20(16)17(22)19-12-5-3-6-13(11-12)21(23)24/h1-3,5-8,11,16H,4,9-10H2,(H,19,22)/t16-/m0/s1. The summed E-state index contributed by atoms with van der Waals surface area (Å²) in [4.78, 5) is 24.7. The van der Waals surface area contributed by atoms with Gasteiger partial charge in [0.25, 0.3) is 5.69 Å². The van der Waals surface area contributed by atoms with E-state index in [4.69, 9.17) is 11.6 Å². The lowest BCUT2D eigenvalue weighted by Gasteiger charge is -2.26. The zero-order valence-corrected chi connectivity index (χ0v) is 13.6. The van der Waals surface area contributed by atoms with E-state index >= 15 is 0 Å². The second kappa shape index (κ2) is 6.88. The number of amides is 2. The minimum absolute atomic E-state index is 0.0584. The Balaban J connectivity index is 1.78. The van der Waals surface area contributed by atoms with Gasteiger partial charge in [-0.15, -0.1) is 0 Å². The second-order valence-corrected chi connectivity index (χ2v) is 6.02. The van der Waals surface area contributed by atoms with Crippen LogP contribution in [0.5, 0.6) is 0 Å². The molecule has 1 saturated heterocycles. The van der Waals surface area contributed by atoms with Crippen LogP contribution in [0.4, 0.5) is 16.2 Å². The van der Waals surface area contributed by atoms with E-state index in [2.05, 4.69) is 5.32 Å². The van der Waals surface area contributed by atoms with Gasteiger partial charge >= 0.3 is 6.03 Å². The molecule has 1 aliphatic heterocycles. The van der Waals surface area contributed by atoms with Crippen molar-refractivity contribution in [3.63, 3.8) is 0 Å². The second-order valence-electron chi connectivity index (χ2n) is 5.61. The molecule has 0 aromatic heterocycles. The number of urea groups is 1. The van der Waals surface area contributed by atoms with Crippen LogP contribution in [-0.4, -0.2) is 22.4 Å². The molecule has 2 amide bonds. The van der Waals surface area contributed by atoms with E-state index in [1.54, 1.807) is 17.0 Å². The number of likely N-dealkylation sites (tertiary alicyclic amines) is 1. The zero-order valence-electron chi connectivity index (χ0n) is 12.8. The highest BCUT2D eigenvalue weighted by atomic mass is 35.5. The molecule has 6 nitrogen and oxygen atoms in total. The largest absolute Gasteiger partial charge is 0.322 e. The number of anilines is 1. The summed E-state index contributed by atoms with van der Waals surface area (Å²) in [7, 11) is 0. The molecule has 2 aromatic carbocycles. The van der Waals surface area contributed by atoms with Gasteiger partial charge in [0.15, 0.2) is 0 Å². The van der Waals surface area contributed by atoms with E-state index < -0.39 is 4.92 Å². The smallest absolute Gasteiger partial charge is 0.317 e. The van der Waals surface area contributed by atoms with Gasteiger partial charge in [-0.1, -0.05) is 35.9 Å². The van der Waals surface area contributed by atoms with Gasteiger partial charge in [-0.05, 0) is 30.5 Å². The highest BCUT2D eigenvalue weighted by molar-refractivity contribution is 6.31. The van der Waals surface area contributed by atoms with E-state index in [-0.39, 0.29) is 17.8 Å². The Morgan fingerprint density at radius 2 is 2.04 bits per heavy atom. The molecule has 0 aliphatic carbocycles. The van der Waals surface area contributed by atoms with Crippen molar-refractivity contribution >= 4 is 29.0 Å². The highest BCUT2D eigenvalue weighted by Gasteiger charge is 2.31. The number of nitro groups is 1. The molecule has 2 aromatic rings. The van der Waals surface area contributed by atoms with Gasteiger partial charge in [-0.25, -0.2) is 4.79 Å². The van der Waals surface area contributed by atoms with Crippen molar-refractivity contribution in [2.45, 2.75) is 18.9 Å². The average molecular weight is 346 g/mol. The number of carbonyl (C=O) groups excluding carboxylic acids is 1. The van der Waals surface area contributed by atoms with Crippen LogP contribution < -0.4 is 5.32 Å². The van der Waals surface area contributed by atoms with Crippen LogP contribution in [0.3, 0.4) is 0 Å². The topological polar surface area (TPSA) is 75.5 Å². The molecular formula is C17H16ClN3O3. The molecule has 1 N–H and O–H groups in total. The van der Waals surface area contributed by atoms with Gasteiger partial charge in [0.1, 0.15) is 0 Å². The SMILES string of the molecule is O=C(Nc1cccc([N+](=O)[O-])c1)N1CCC[C@H]1c1ccccc1Cl. The Kier molecular flexibility index (Phi) is 4.66. The molecular weight excluding hydrogens is 330 g/mol. The van der Waals surface area contributed by atoms with Crippen LogP contribution in [0, 0.1) is 10.1 Å². The molecule has 1 fully saturated rings. The van der Waals surface area contributed by atoms with Crippen molar-refractivity contribution in [3.05, 3.63) is 69.2 Å². The first kappa shape index (κ1) is 16.3. The third-order valence-corrected chi connectivity index (χ3v) is 4.43. The fourth-order valence-electron chi connectivity index (χ4n) is 2.97. The quantitative estimate of drug-likeness (QED) is 0.651. The molecule has 0 spiro atoms. The first-order valence-corrected chi connectivity index (χ1v) is 8.00. The number of nitrogens with one attached hydrogen (secondary N) is 1. The van der Waals surface area contributed by atoms with Gasteiger partial charge in [0, 0.05) is 29.4 Å². The summed E-state index contributed by atoms with van der Waals surface area (Å²) in [5.41, 5.74) is 1.27. The molecule has 1 heterocycles. The van der Waals surface area contributed by atoms with Crippen LogP contribution in [0.2, 0.25) is 5.02 Å². The fraction of sp³-hybridized carbons (Fsp3) is 0.235. The first-order chi connectivity index (χ1) is 11.6. The average Bonchev–Trinajstić information content (AvgIpc) is 3.05. The molecule has 24 heavy (non-hydrogen) atoms. The Morgan fingerprint density at radius 1 is 1.25 bits per heavy atom. The summed E-state index contributed by atoms with van der Waals surface area (Å²) in [5.74, 6) is 0. The number of carbonyl (C=O) groups is 1. The van der Waals surface area contributed by atoms with Crippen molar-refractivity contribution in [3.8, 4) is 0 Å². The van der Waals surface area contributed by atoms with Crippen LogP contribution in [-0.2, 0) is 0 Å². The van der Waals surface area contributed by atoms with Crippen LogP contribution >= 0.6 is 11.6 Å². The molecule has 7 heteroatoms. The molecule has 0 bridgehead atoms. The predicted octanol–water partition coefficient (Wildman–Crippen LogP) is 4.62. The summed E-state index contributed by atoms with van der Waals surface area (Å²) in [5, 5.41) is 14.2. The summed E-state index contributed by atoms with van der Waals surface area (Å²) < 4.78 is 0. The molecule has 1 atom stereocenters. The van der Waals surface area contributed by atoms with Gasteiger partial charge in [0.05, 0.1) is 11.0 Å². The molecule has 1 aliphatic rings. The third kappa shape index (κ3) is 3.33. The van der Waals surface area contributed by atoms with Crippen LogP contribution in [0.15, 0.2) is 48.5 Å². The molecule has 0 unspecified atom stereocenters. The molecule has 124 valence electrons. The van der Waals surface area contributed by atoms with E-state index in [0.717, 1.165) is 18.4 Å². The maximum absolute atomic E-state index is 12.6. The Labute approximate surface area is 144 Å². The number of halogens is 1. The monoisotopic (exact) mass is 345 g/mol. The van der Waals surface area contributed by atoms with E-state index in [1.807, 2.05) is 24.3 Å². The summed E-state index contributed by atoms with van der Waals surface area (Å²) >= 11 is 6.26. The lowest BCUT2D eigenvalue weighted by atomic mass is 10.0. The minimum Gasteiger partial charge on any atom is -0.317 e. The van der Waals surface area contributed by atoms with E-state index in [0.29, 0.717) is 17.3 Å². The van der Waals surface area contributed by atoms with Gasteiger partial charge in [-0.3, -0.25) is 10.1 Å². The lowest BCUT2D eigenvalue weighted by Crippen LogP contribution is -2.34. The highest BCUT2D eigenvalue weighted by Crippen LogP contribution is 2.36. The van der Waals surface area contributed by atoms with Crippen molar-refractivity contribution in [2.24, 2.45) is 0 Å². The fourth-order valence-corrected chi connectivity index (χ4v) is 3.23. The molecule has 3 rings (SSSR count). The summed E-state index contributed by atoms with van der Waals surface area (Å²) in [6.07, 6.45) is 1.73.